The van der Waals surface area contributed by atoms with E-state index in [0.29, 0.717) is 5.69 Å². The van der Waals surface area contributed by atoms with E-state index < -0.39 is 9.05 Å². The maximum Gasteiger partial charge on any atom is 0.270 e. The van der Waals surface area contributed by atoms with Crippen molar-refractivity contribution in [1.29, 1.82) is 0 Å². The molecule has 0 bridgehead atoms. The van der Waals surface area contributed by atoms with Crippen LogP contribution >= 0.6 is 10.7 Å². The summed E-state index contributed by atoms with van der Waals surface area (Å²) in [5.74, 6) is -0.109. The molecule has 1 atom stereocenters. The van der Waals surface area contributed by atoms with Gasteiger partial charge in [-0.25, -0.2) is 8.42 Å². The van der Waals surface area contributed by atoms with Crippen molar-refractivity contribution < 1.29 is 13.2 Å². The lowest BCUT2D eigenvalue weighted by Crippen LogP contribution is -2.44. The molecule has 1 aliphatic heterocycles. The Labute approximate surface area is 130 Å². The van der Waals surface area contributed by atoms with Crippen LogP contribution < -0.4 is 0 Å². The molecule has 7 heteroatoms. The molecule has 1 saturated heterocycles. The molecule has 0 aromatic carbocycles. The van der Waals surface area contributed by atoms with E-state index in [1.807, 2.05) is 4.90 Å². The summed E-state index contributed by atoms with van der Waals surface area (Å²) in [5.41, 5.74) is 0.372. The van der Waals surface area contributed by atoms with Gasteiger partial charge in [0.05, 0.1) is 0 Å². The summed E-state index contributed by atoms with van der Waals surface area (Å²) in [6.07, 6.45) is 6.55. The van der Waals surface area contributed by atoms with Gasteiger partial charge >= 0.3 is 0 Å². The molecule has 0 saturated carbocycles. The van der Waals surface area contributed by atoms with E-state index >= 15 is 0 Å². The second kappa shape index (κ2) is 6.40. The zero-order valence-electron chi connectivity index (χ0n) is 12.4. The number of aromatic nitrogens is 1. The fraction of sp³-hybridized carbons (Fsp3) is 0.643. The lowest BCUT2D eigenvalue weighted by atomic mass is 9.98. The highest BCUT2D eigenvalue weighted by atomic mass is 35.7. The van der Waals surface area contributed by atoms with Gasteiger partial charge in [0.1, 0.15) is 10.6 Å². The first-order valence-corrected chi connectivity index (χ1v) is 9.57. The number of amides is 1. The summed E-state index contributed by atoms with van der Waals surface area (Å²) in [5, 5.41) is 0. The van der Waals surface area contributed by atoms with E-state index in [2.05, 4.69) is 6.92 Å². The number of hydrogen-bond donors (Lipinski definition) is 0. The molecule has 1 aromatic rings. The first kappa shape index (κ1) is 16.4. The van der Waals surface area contributed by atoms with E-state index in [9.17, 15) is 13.2 Å². The normalized spacial score (nSPS) is 19.8. The Bertz CT molecular complexity index is 622. The number of rotatable bonds is 4. The van der Waals surface area contributed by atoms with Crippen molar-refractivity contribution in [3.8, 4) is 0 Å². The predicted octanol–water partition coefficient (Wildman–Crippen LogP) is 2.75. The zero-order valence-corrected chi connectivity index (χ0v) is 14.0. The first-order chi connectivity index (χ1) is 9.84. The summed E-state index contributed by atoms with van der Waals surface area (Å²) in [6.45, 7) is 2.84. The lowest BCUT2D eigenvalue weighted by molar-refractivity contribution is 0.0591. The van der Waals surface area contributed by atoms with E-state index in [4.69, 9.17) is 10.7 Å². The standard InChI is InChI=1S/C14H21ClN2O3S/c1-3-6-11-7-4-5-8-17(11)14(18)13-9-12(10-16(13)2)21(15,19)20/h9-11H,3-8H2,1-2H3. The highest BCUT2D eigenvalue weighted by Gasteiger charge is 2.29. The molecule has 21 heavy (non-hydrogen) atoms. The van der Waals surface area contributed by atoms with Gasteiger partial charge in [-0.3, -0.25) is 4.79 Å². The Morgan fingerprint density at radius 1 is 1.43 bits per heavy atom. The third kappa shape index (κ3) is 3.61. The van der Waals surface area contributed by atoms with Gasteiger partial charge in [0.15, 0.2) is 0 Å². The average molecular weight is 333 g/mol. The third-order valence-electron chi connectivity index (χ3n) is 3.99. The number of piperidine rings is 1. The van der Waals surface area contributed by atoms with Gasteiger partial charge in [0, 0.05) is 36.5 Å². The molecule has 0 aliphatic carbocycles. The van der Waals surface area contributed by atoms with Crippen LogP contribution in [0.1, 0.15) is 49.5 Å². The van der Waals surface area contributed by atoms with Crippen molar-refractivity contribution >= 4 is 25.6 Å². The molecule has 1 unspecified atom stereocenters. The van der Waals surface area contributed by atoms with Crippen molar-refractivity contribution in [2.24, 2.45) is 7.05 Å². The average Bonchev–Trinajstić information content (AvgIpc) is 2.81. The summed E-state index contributed by atoms with van der Waals surface area (Å²) in [6, 6.07) is 1.62. The summed E-state index contributed by atoms with van der Waals surface area (Å²) in [4.78, 5) is 14.6. The minimum absolute atomic E-state index is 0.0286. The number of carbonyl (C=O) groups excluding carboxylic acids is 1. The number of carbonyl (C=O) groups is 1. The Morgan fingerprint density at radius 3 is 2.71 bits per heavy atom. The van der Waals surface area contributed by atoms with Gasteiger partial charge in [0.25, 0.3) is 15.0 Å². The molecule has 118 valence electrons. The fourth-order valence-corrected chi connectivity index (χ4v) is 3.72. The molecule has 5 nitrogen and oxygen atoms in total. The Kier molecular flexibility index (Phi) is 4.99. The Balaban J connectivity index is 2.28. The van der Waals surface area contributed by atoms with Crippen molar-refractivity contribution in [2.45, 2.75) is 50.0 Å². The lowest BCUT2D eigenvalue weighted by Gasteiger charge is -2.35. The second-order valence-electron chi connectivity index (χ2n) is 5.55. The van der Waals surface area contributed by atoms with Crippen molar-refractivity contribution in [3.63, 3.8) is 0 Å². The molecular formula is C14H21ClN2O3S. The van der Waals surface area contributed by atoms with Crippen molar-refractivity contribution in [1.82, 2.24) is 9.47 Å². The highest BCUT2D eigenvalue weighted by Crippen LogP contribution is 2.25. The molecule has 0 N–H and O–H groups in total. The van der Waals surface area contributed by atoms with Gasteiger partial charge in [-0.15, -0.1) is 0 Å². The van der Waals surface area contributed by atoms with Gasteiger partial charge in [-0.05, 0) is 31.7 Å². The van der Waals surface area contributed by atoms with E-state index in [-0.39, 0.29) is 16.8 Å². The van der Waals surface area contributed by atoms with Gasteiger partial charge in [-0.2, -0.15) is 0 Å². The predicted molar refractivity (Wildman–Crippen MR) is 82.0 cm³/mol. The molecule has 0 spiro atoms. The molecule has 0 radical (unpaired) electrons. The minimum Gasteiger partial charge on any atom is -0.345 e. The molecule has 1 aromatic heterocycles. The fourth-order valence-electron chi connectivity index (χ4n) is 2.93. The maximum absolute atomic E-state index is 12.7. The Hall–Kier alpha value is -1.01. The molecule has 2 rings (SSSR count). The number of hydrogen-bond acceptors (Lipinski definition) is 3. The highest BCUT2D eigenvalue weighted by molar-refractivity contribution is 8.13. The van der Waals surface area contributed by atoms with Crippen LogP contribution in [0.25, 0.3) is 0 Å². The van der Waals surface area contributed by atoms with Crippen LogP contribution in [-0.4, -0.2) is 36.4 Å². The van der Waals surface area contributed by atoms with Gasteiger partial charge in [-0.1, -0.05) is 13.3 Å². The van der Waals surface area contributed by atoms with E-state index in [1.165, 1.54) is 16.8 Å². The van der Waals surface area contributed by atoms with Crippen LogP contribution in [0.5, 0.6) is 0 Å². The van der Waals surface area contributed by atoms with Crippen LogP contribution in [0, 0.1) is 0 Å². The molecular weight excluding hydrogens is 312 g/mol. The third-order valence-corrected chi connectivity index (χ3v) is 5.31. The number of nitrogens with zero attached hydrogens (tertiary/aromatic N) is 2. The van der Waals surface area contributed by atoms with Gasteiger partial charge in [0.2, 0.25) is 0 Å². The quantitative estimate of drug-likeness (QED) is 0.796. The maximum atomic E-state index is 12.7. The Morgan fingerprint density at radius 2 is 2.14 bits per heavy atom. The smallest absolute Gasteiger partial charge is 0.270 e. The van der Waals surface area contributed by atoms with Crippen LogP contribution in [-0.2, 0) is 16.1 Å². The summed E-state index contributed by atoms with van der Waals surface area (Å²) >= 11 is 0. The van der Waals surface area contributed by atoms with Crippen molar-refractivity contribution in [2.75, 3.05) is 6.54 Å². The van der Waals surface area contributed by atoms with E-state index in [0.717, 1.165) is 38.6 Å². The van der Waals surface area contributed by atoms with Crippen LogP contribution in [0.4, 0.5) is 0 Å². The number of aryl methyl sites for hydroxylation is 1. The largest absolute Gasteiger partial charge is 0.345 e. The van der Waals surface area contributed by atoms with Gasteiger partial charge < -0.3 is 9.47 Å². The molecule has 1 amide bonds. The second-order valence-corrected chi connectivity index (χ2v) is 8.11. The number of likely N-dealkylation sites (tertiary alicyclic amines) is 1. The summed E-state index contributed by atoms with van der Waals surface area (Å²) in [7, 11) is 3.20. The topological polar surface area (TPSA) is 59.4 Å². The molecule has 2 heterocycles. The minimum atomic E-state index is -3.81. The monoisotopic (exact) mass is 332 g/mol. The summed E-state index contributed by atoms with van der Waals surface area (Å²) < 4.78 is 24.3. The van der Waals surface area contributed by atoms with Crippen molar-refractivity contribution in [3.05, 3.63) is 18.0 Å². The first-order valence-electron chi connectivity index (χ1n) is 7.26. The molecule has 1 aliphatic rings. The van der Waals surface area contributed by atoms with E-state index in [1.54, 1.807) is 7.05 Å². The van der Waals surface area contributed by atoms with Crippen LogP contribution in [0.3, 0.4) is 0 Å². The van der Waals surface area contributed by atoms with Crippen LogP contribution in [0.2, 0.25) is 0 Å². The van der Waals surface area contributed by atoms with Crippen LogP contribution in [0.15, 0.2) is 17.2 Å². The molecule has 1 fully saturated rings. The SMILES string of the molecule is CCCC1CCCCN1C(=O)c1cc(S(=O)(=O)Cl)cn1C. The zero-order chi connectivity index (χ0) is 15.6. The number of halogens is 1.